The Morgan fingerprint density at radius 1 is 1.36 bits per heavy atom. The molecule has 0 saturated heterocycles. The molecule has 0 saturated carbocycles. The number of hydrogen-bond acceptors (Lipinski definition) is 4. The van der Waals surface area contributed by atoms with Crippen molar-refractivity contribution in [1.29, 1.82) is 0 Å². The molecule has 2 rings (SSSR count). The molecular formula is C18H24N2O5. The molecule has 7 nitrogen and oxygen atoms in total. The molecule has 1 aromatic carbocycles. The van der Waals surface area contributed by atoms with E-state index < -0.39 is 24.0 Å². The maximum absolute atomic E-state index is 12.4. The normalized spacial score (nSPS) is 18.8. The number of para-hydroxylation sites is 2. The summed E-state index contributed by atoms with van der Waals surface area (Å²) in [6.45, 7) is 5.48. The molecule has 0 aromatic heterocycles. The van der Waals surface area contributed by atoms with E-state index in [1.54, 1.807) is 32.0 Å². The lowest BCUT2D eigenvalue weighted by molar-refractivity contribution is -0.143. The van der Waals surface area contributed by atoms with Gasteiger partial charge in [-0.3, -0.25) is 9.59 Å². The van der Waals surface area contributed by atoms with Gasteiger partial charge in [-0.25, -0.2) is 4.79 Å². The second-order valence-corrected chi connectivity index (χ2v) is 6.24. The third-order valence-electron chi connectivity index (χ3n) is 4.43. The molecule has 0 aliphatic carbocycles. The highest BCUT2D eigenvalue weighted by atomic mass is 16.5. The SMILES string of the molecule is CC[C@H](C)[C@@H](NC(=O)CCN1C(=O)[C@H](C)Oc2ccccc21)C(=O)O. The third-order valence-corrected chi connectivity index (χ3v) is 4.43. The number of anilines is 1. The van der Waals surface area contributed by atoms with E-state index in [1.165, 1.54) is 4.90 Å². The van der Waals surface area contributed by atoms with Crippen molar-refractivity contribution < 1.29 is 24.2 Å². The molecule has 7 heteroatoms. The van der Waals surface area contributed by atoms with Crippen LogP contribution < -0.4 is 15.0 Å². The molecule has 25 heavy (non-hydrogen) atoms. The van der Waals surface area contributed by atoms with Crippen LogP contribution in [0.1, 0.15) is 33.6 Å². The van der Waals surface area contributed by atoms with E-state index in [9.17, 15) is 19.5 Å². The number of carbonyl (C=O) groups is 3. The monoisotopic (exact) mass is 348 g/mol. The number of carboxylic acid groups (broad SMARTS) is 1. The lowest BCUT2D eigenvalue weighted by atomic mass is 9.99. The minimum absolute atomic E-state index is 0.0208. The van der Waals surface area contributed by atoms with Gasteiger partial charge in [0.25, 0.3) is 5.91 Å². The molecule has 1 aliphatic heterocycles. The van der Waals surface area contributed by atoms with Crippen molar-refractivity contribution in [2.45, 2.75) is 45.8 Å². The number of ether oxygens (including phenoxy) is 1. The molecule has 2 N–H and O–H groups in total. The van der Waals surface area contributed by atoms with Crippen LogP contribution in [0.3, 0.4) is 0 Å². The fourth-order valence-corrected chi connectivity index (χ4v) is 2.73. The molecule has 0 unspecified atom stereocenters. The van der Waals surface area contributed by atoms with E-state index in [2.05, 4.69) is 5.32 Å². The van der Waals surface area contributed by atoms with E-state index in [0.717, 1.165) is 0 Å². The number of rotatable bonds is 7. The third kappa shape index (κ3) is 4.29. The fourth-order valence-electron chi connectivity index (χ4n) is 2.73. The smallest absolute Gasteiger partial charge is 0.326 e. The van der Waals surface area contributed by atoms with Crippen molar-refractivity contribution in [1.82, 2.24) is 5.32 Å². The van der Waals surface area contributed by atoms with Crippen LogP contribution in [0.25, 0.3) is 0 Å². The predicted octanol–water partition coefficient (Wildman–Crippen LogP) is 1.81. The molecule has 1 heterocycles. The largest absolute Gasteiger partial charge is 0.480 e. The van der Waals surface area contributed by atoms with Crippen LogP contribution >= 0.6 is 0 Å². The van der Waals surface area contributed by atoms with Crippen molar-refractivity contribution in [3.05, 3.63) is 24.3 Å². The Balaban J connectivity index is 2.03. The summed E-state index contributed by atoms with van der Waals surface area (Å²) in [4.78, 5) is 37.4. The van der Waals surface area contributed by atoms with E-state index in [1.807, 2.05) is 13.0 Å². The fraction of sp³-hybridized carbons (Fsp3) is 0.500. The average molecular weight is 348 g/mol. The lowest BCUT2D eigenvalue weighted by Gasteiger charge is -2.33. The molecule has 3 atom stereocenters. The molecule has 0 fully saturated rings. The summed E-state index contributed by atoms with van der Waals surface area (Å²) >= 11 is 0. The van der Waals surface area contributed by atoms with Gasteiger partial charge in [0.2, 0.25) is 5.91 Å². The van der Waals surface area contributed by atoms with Crippen molar-refractivity contribution in [3.63, 3.8) is 0 Å². The first-order valence-corrected chi connectivity index (χ1v) is 8.44. The van der Waals surface area contributed by atoms with Gasteiger partial charge in [-0.05, 0) is 25.0 Å². The molecule has 136 valence electrons. The van der Waals surface area contributed by atoms with Crippen molar-refractivity contribution >= 4 is 23.5 Å². The zero-order chi connectivity index (χ0) is 18.6. The topological polar surface area (TPSA) is 95.9 Å². The molecular weight excluding hydrogens is 324 g/mol. The molecule has 1 aliphatic rings. The highest BCUT2D eigenvalue weighted by Gasteiger charge is 2.32. The minimum atomic E-state index is -1.05. The van der Waals surface area contributed by atoms with Gasteiger partial charge in [-0.15, -0.1) is 0 Å². The number of hydrogen-bond donors (Lipinski definition) is 2. The molecule has 2 amide bonds. The number of benzene rings is 1. The van der Waals surface area contributed by atoms with Crippen LogP contribution in [0.15, 0.2) is 24.3 Å². The van der Waals surface area contributed by atoms with Gasteiger partial charge < -0.3 is 20.1 Å². The molecule has 1 aromatic rings. The maximum atomic E-state index is 12.4. The highest BCUT2D eigenvalue weighted by molar-refractivity contribution is 6.00. The number of aliphatic carboxylic acids is 1. The lowest BCUT2D eigenvalue weighted by Crippen LogP contribution is -2.48. The van der Waals surface area contributed by atoms with Gasteiger partial charge in [0.05, 0.1) is 5.69 Å². The number of amides is 2. The van der Waals surface area contributed by atoms with Crippen LogP contribution in [-0.2, 0) is 14.4 Å². The molecule has 0 bridgehead atoms. The molecule has 0 radical (unpaired) electrons. The summed E-state index contributed by atoms with van der Waals surface area (Å²) in [5, 5.41) is 11.8. The molecule has 0 spiro atoms. The van der Waals surface area contributed by atoms with Gasteiger partial charge in [-0.1, -0.05) is 32.4 Å². The summed E-state index contributed by atoms with van der Waals surface area (Å²) in [6.07, 6.45) is 0.0433. The number of fused-ring (bicyclic) bond motifs is 1. The van der Waals surface area contributed by atoms with Crippen LogP contribution in [0.5, 0.6) is 5.75 Å². The van der Waals surface area contributed by atoms with Crippen LogP contribution in [0.4, 0.5) is 5.69 Å². The van der Waals surface area contributed by atoms with E-state index >= 15 is 0 Å². The summed E-state index contributed by atoms with van der Waals surface area (Å²) in [5.41, 5.74) is 0.620. The maximum Gasteiger partial charge on any atom is 0.326 e. The summed E-state index contributed by atoms with van der Waals surface area (Å²) < 4.78 is 5.55. The highest BCUT2D eigenvalue weighted by Crippen LogP contribution is 2.33. The summed E-state index contributed by atoms with van der Waals surface area (Å²) in [6, 6.07) is 6.21. The van der Waals surface area contributed by atoms with Crippen molar-refractivity contribution in [2.24, 2.45) is 5.92 Å². The first kappa shape index (κ1) is 18.8. The minimum Gasteiger partial charge on any atom is -0.480 e. The van der Waals surface area contributed by atoms with Gasteiger partial charge in [-0.2, -0.15) is 0 Å². The second-order valence-electron chi connectivity index (χ2n) is 6.24. The van der Waals surface area contributed by atoms with Crippen molar-refractivity contribution in [3.8, 4) is 5.75 Å². The number of carboxylic acids is 1. The summed E-state index contributed by atoms with van der Waals surface area (Å²) in [5.74, 6) is -1.24. The van der Waals surface area contributed by atoms with Crippen molar-refractivity contribution in [2.75, 3.05) is 11.4 Å². The standard InChI is InChI=1S/C18H24N2O5/c1-4-11(2)16(18(23)24)19-15(21)9-10-20-13-7-5-6-8-14(13)25-12(3)17(20)22/h5-8,11-12,16H,4,9-10H2,1-3H3,(H,19,21)(H,23,24)/t11-,12-,16+/m0/s1. The summed E-state index contributed by atoms with van der Waals surface area (Å²) in [7, 11) is 0. The van der Waals surface area contributed by atoms with E-state index in [0.29, 0.717) is 17.9 Å². The average Bonchev–Trinajstić information content (AvgIpc) is 2.59. The van der Waals surface area contributed by atoms with Gasteiger partial charge in [0, 0.05) is 13.0 Å². The van der Waals surface area contributed by atoms with E-state index in [4.69, 9.17) is 4.74 Å². The zero-order valence-corrected chi connectivity index (χ0v) is 14.7. The van der Waals surface area contributed by atoms with Crippen LogP contribution in [0.2, 0.25) is 0 Å². The first-order valence-electron chi connectivity index (χ1n) is 8.44. The van der Waals surface area contributed by atoms with Gasteiger partial charge in [0.15, 0.2) is 6.10 Å². The van der Waals surface area contributed by atoms with E-state index in [-0.39, 0.29) is 24.8 Å². The Kier molecular flexibility index (Phi) is 6.01. The number of nitrogens with one attached hydrogen (secondary N) is 1. The Labute approximate surface area is 147 Å². The van der Waals surface area contributed by atoms with Crippen LogP contribution in [-0.4, -0.2) is 41.6 Å². The number of nitrogens with zero attached hydrogens (tertiary/aromatic N) is 1. The van der Waals surface area contributed by atoms with Crippen LogP contribution in [0, 0.1) is 5.92 Å². The Morgan fingerprint density at radius 2 is 2.04 bits per heavy atom. The second kappa shape index (κ2) is 8.00. The number of carbonyl (C=O) groups excluding carboxylic acids is 2. The van der Waals surface area contributed by atoms with Gasteiger partial charge in [0.1, 0.15) is 11.8 Å². The zero-order valence-electron chi connectivity index (χ0n) is 14.7. The Morgan fingerprint density at radius 3 is 2.68 bits per heavy atom. The van der Waals surface area contributed by atoms with Gasteiger partial charge >= 0.3 is 5.97 Å². The predicted molar refractivity (Wildman–Crippen MR) is 92.5 cm³/mol. The Bertz CT molecular complexity index is 661. The first-order chi connectivity index (χ1) is 11.8. The Hall–Kier alpha value is -2.57. The quantitative estimate of drug-likeness (QED) is 0.783.